The van der Waals surface area contributed by atoms with Gasteiger partial charge in [-0.1, -0.05) is 6.07 Å². The number of nitrogens with zero attached hydrogens (tertiary/aromatic N) is 1. The van der Waals surface area contributed by atoms with Crippen LogP contribution in [0.3, 0.4) is 0 Å². The lowest BCUT2D eigenvalue weighted by Gasteiger charge is -2.11. The molecule has 2 aromatic rings. The van der Waals surface area contributed by atoms with E-state index in [4.69, 9.17) is 23.2 Å². The van der Waals surface area contributed by atoms with Gasteiger partial charge < -0.3 is 4.57 Å². The van der Waals surface area contributed by atoms with Gasteiger partial charge in [0.05, 0.1) is 16.8 Å². The molecule has 2 rings (SSSR count). The number of carbonyl (C=O) groups is 2. The molecule has 1 aromatic carbocycles. The number of para-hydroxylation sites is 1. The van der Waals surface area contributed by atoms with E-state index in [0.717, 1.165) is 0 Å². The molecular formula is C12H7Cl2NO2. The van der Waals surface area contributed by atoms with Gasteiger partial charge in [-0.3, -0.25) is 9.59 Å². The smallest absolute Gasteiger partial charge is 0.254 e. The highest BCUT2D eigenvalue weighted by Crippen LogP contribution is 2.23. The van der Waals surface area contributed by atoms with Crippen LogP contribution in [-0.4, -0.2) is 15.1 Å². The summed E-state index contributed by atoms with van der Waals surface area (Å²) < 4.78 is 1.63. The van der Waals surface area contributed by atoms with Crippen molar-refractivity contribution in [3.05, 3.63) is 53.9 Å². The van der Waals surface area contributed by atoms with E-state index in [1.54, 1.807) is 47.3 Å². The average molecular weight is 268 g/mol. The normalized spacial score (nSPS) is 10.2. The van der Waals surface area contributed by atoms with Gasteiger partial charge in [0, 0.05) is 12.4 Å². The second kappa shape index (κ2) is 4.73. The van der Waals surface area contributed by atoms with E-state index in [0.29, 0.717) is 5.69 Å². The highest BCUT2D eigenvalue weighted by Gasteiger charge is 2.17. The molecule has 0 amide bonds. The maximum Gasteiger partial charge on any atom is 0.254 e. The third-order valence-corrected chi connectivity index (χ3v) is 2.73. The number of carbonyl (C=O) groups excluding carboxylic acids is 2. The summed E-state index contributed by atoms with van der Waals surface area (Å²) in [7, 11) is 0. The Morgan fingerprint density at radius 2 is 1.35 bits per heavy atom. The van der Waals surface area contributed by atoms with Crippen LogP contribution in [0, 0.1) is 0 Å². The molecule has 0 saturated carbocycles. The second-order valence-corrected chi connectivity index (χ2v) is 4.03. The molecule has 0 atom stereocenters. The average Bonchev–Trinajstić information content (AvgIpc) is 2.80. The van der Waals surface area contributed by atoms with Crippen LogP contribution in [-0.2, 0) is 0 Å². The Hall–Kier alpha value is -1.58. The number of benzene rings is 1. The van der Waals surface area contributed by atoms with E-state index < -0.39 is 10.5 Å². The van der Waals surface area contributed by atoms with Crippen molar-refractivity contribution < 1.29 is 9.59 Å². The van der Waals surface area contributed by atoms with Gasteiger partial charge in [0.15, 0.2) is 0 Å². The largest absolute Gasteiger partial charge is 0.322 e. The molecule has 86 valence electrons. The van der Waals surface area contributed by atoms with Crippen LogP contribution in [0.25, 0.3) is 5.69 Å². The molecule has 0 unspecified atom stereocenters. The van der Waals surface area contributed by atoms with Gasteiger partial charge in [-0.25, -0.2) is 0 Å². The van der Waals surface area contributed by atoms with Crippen LogP contribution in [0.4, 0.5) is 0 Å². The number of hydrogen-bond donors (Lipinski definition) is 0. The standard InChI is InChI=1S/C12H7Cl2NO2/c13-11(16)8-4-3-5-9(12(14)17)10(8)15-6-1-2-7-15/h1-7H. The molecule has 1 heterocycles. The van der Waals surface area contributed by atoms with Gasteiger partial charge >= 0.3 is 0 Å². The quantitative estimate of drug-likeness (QED) is 0.801. The molecule has 0 N–H and O–H groups in total. The predicted molar refractivity (Wildman–Crippen MR) is 66.1 cm³/mol. The van der Waals surface area contributed by atoms with Crippen molar-refractivity contribution in [3.63, 3.8) is 0 Å². The minimum absolute atomic E-state index is 0.245. The van der Waals surface area contributed by atoms with Gasteiger partial charge in [-0.05, 0) is 47.5 Å². The number of rotatable bonds is 3. The predicted octanol–water partition coefficient (Wildman–Crippen LogP) is 3.24. The molecule has 1 aromatic heterocycles. The van der Waals surface area contributed by atoms with Gasteiger partial charge in [-0.2, -0.15) is 0 Å². The van der Waals surface area contributed by atoms with Crippen molar-refractivity contribution in [2.75, 3.05) is 0 Å². The maximum atomic E-state index is 11.3. The molecule has 0 fully saturated rings. The first-order valence-electron chi connectivity index (χ1n) is 4.77. The first kappa shape index (κ1) is 11.9. The third kappa shape index (κ3) is 2.25. The Kier molecular flexibility index (Phi) is 3.31. The summed E-state index contributed by atoms with van der Waals surface area (Å²) >= 11 is 11.0. The molecule has 17 heavy (non-hydrogen) atoms. The molecule has 0 bridgehead atoms. The van der Waals surface area contributed by atoms with E-state index in [9.17, 15) is 9.59 Å². The summed E-state index contributed by atoms with van der Waals surface area (Å²) in [6.07, 6.45) is 3.42. The molecule has 0 aliphatic heterocycles. The monoisotopic (exact) mass is 267 g/mol. The Morgan fingerprint density at radius 1 is 0.882 bits per heavy atom. The number of halogens is 2. The van der Waals surface area contributed by atoms with Crippen LogP contribution < -0.4 is 0 Å². The number of hydrogen-bond acceptors (Lipinski definition) is 2. The summed E-state index contributed by atoms with van der Waals surface area (Å²) in [5.41, 5.74) is 0.890. The zero-order valence-corrected chi connectivity index (χ0v) is 10.1. The second-order valence-electron chi connectivity index (χ2n) is 3.34. The molecule has 0 spiro atoms. The van der Waals surface area contributed by atoms with Crippen LogP contribution in [0.1, 0.15) is 20.7 Å². The van der Waals surface area contributed by atoms with Crippen LogP contribution in [0.15, 0.2) is 42.7 Å². The Bertz CT molecular complexity index is 544. The van der Waals surface area contributed by atoms with Crippen molar-refractivity contribution in [3.8, 4) is 5.69 Å². The summed E-state index contributed by atoms with van der Waals surface area (Å²) in [5.74, 6) is 0. The van der Waals surface area contributed by atoms with Crippen molar-refractivity contribution in [1.29, 1.82) is 0 Å². The Morgan fingerprint density at radius 3 is 1.76 bits per heavy atom. The lowest BCUT2D eigenvalue weighted by Crippen LogP contribution is -2.06. The zero-order valence-electron chi connectivity index (χ0n) is 8.56. The minimum atomic E-state index is -0.631. The first-order chi connectivity index (χ1) is 8.11. The SMILES string of the molecule is O=C(Cl)c1cccc(C(=O)Cl)c1-n1cccc1. The maximum absolute atomic E-state index is 11.3. The Labute approximate surface area is 108 Å². The van der Waals surface area contributed by atoms with E-state index >= 15 is 0 Å². The fourth-order valence-electron chi connectivity index (χ4n) is 1.62. The Balaban J connectivity index is 2.76. The van der Waals surface area contributed by atoms with Crippen molar-refractivity contribution in [1.82, 2.24) is 4.57 Å². The van der Waals surface area contributed by atoms with E-state index in [1.807, 2.05) is 0 Å². The summed E-state index contributed by atoms with van der Waals surface area (Å²) in [4.78, 5) is 22.7. The van der Waals surface area contributed by atoms with E-state index in [1.165, 1.54) is 0 Å². The highest BCUT2D eigenvalue weighted by molar-refractivity contribution is 6.69. The fraction of sp³-hybridized carbons (Fsp3) is 0. The molecule has 0 radical (unpaired) electrons. The van der Waals surface area contributed by atoms with Crippen LogP contribution >= 0.6 is 23.2 Å². The van der Waals surface area contributed by atoms with Crippen LogP contribution in [0.5, 0.6) is 0 Å². The summed E-state index contributed by atoms with van der Waals surface area (Å²) in [5, 5.41) is -1.26. The molecule has 0 aliphatic carbocycles. The van der Waals surface area contributed by atoms with Gasteiger partial charge in [0.25, 0.3) is 10.5 Å². The number of aromatic nitrogens is 1. The first-order valence-corrected chi connectivity index (χ1v) is 5.53. The van der Waals surface area contributed by atoms with E-state index in [2.05, 4.69) is 0 Å². The third-order valence-electron chi connectivity index (χ3n) is 2.32. The van der Waals surface area contributed by atoms with Gasteiger partial charge in [0.1, 0.15) is 0 Å². The highest BCUT2D eigenvalue weighted by atomic mass is 35.5. The lowest BCUT2D eigenvalue weighted by molar-refractivity contribution is 0.108. The topological polar surface area (TPSA) is 39.1 Å². The molecule has 0 saturated heterocycles. The molecule has 5 heteroatoms. The minimum Gasteiger partial charge on any atom is -0.322 e. The zero-order chi connectivity index (χ0) is 12.4. The summed E-state index contributed by atoms with van der Waals surface area (Å²) in [6.45, 7) is 0. The lowest BCUT2D eigenvalue weighted by atomic mass is 10.1. The molecule has 0 aliphatic rings. The van der Waals surface area contributed by atoms with Crippen molar-refractivity contribution >= 4 is 33.7 Å². The van der Waals surface area contributed by atoms with Crippen LogP contribution in [0.2, 0.25) is 0 Å². The van der Waals surface area contributed by atoms with Gasteiger partial charge in [0.2, 0.25) is 0 Å². The molecular weight excluding hydrogens is 261 g/mol. The van der Waals surface area contributed by atoms with Crippen molar-refractivity contribution in [2.45, 2.75) is 0 Å². The van der Waals surface area contributed by atoms with Crippen molar-refractivity contribution in [2.24, 2.45) is 0 Å². The van der Waals surface area contributed by atoms with E-state index in [-0.39, 0.29) is 11.1 Å². The van der Waals surface area contributed by atoms with Gasteiger partial charge in [-0.15, -0.1) is 0 Å². The fourth-order valence-corrected chi connectivity index (χ4v) is 1.93. The summed E-state index contributed by atoms with van der Waals surface area (Å²) in [6, 6.07) is 8.22. The molecule has 3 nitrogen and oxygen atoms in total.